The Bertz CT molecular complexity index is 1530. The Hall–Kier alpha value is -3.91. The highest BCUT2D eigenvalue weighted by molar-refractivity contribution is 5.98. The summed E-state index contributed by atoms with van der Waals surface area (Å²) >= 11 is 0. The summed E-state index contributed by atoms with van der Waals surface area (Å²) in [5.74, 6) is 0. The van der Waals surface area contributed by atoms with Crippen molar-refractivity contribution in [3.05, 3.63) is 118 Å². The van der Waals surface area contributed by atoms with E-state index in [1.165, 1.54) is 16.8 Å². The van der Waals surface area contributed by atoms with E-state index in [-0.39, 0.29) is 5.43 Å². The normalized spacial score (nSPS) is 14.3. The van der Waals surface area contributed by atoms with Gasteiger partial charge in [-0.05, 0) is 53.6 Å². The number of hydrogen-bond donors (Lipinski definition) is 1. The molecule has 5 nitrogen and oxygen atoms in total. The van der Waals surface area contributed by atoms with Crippen molar-refractivity contribution in [1.29, 1.82) is 0 Å². The molecule has 3 aromatic carbocycles. The smallest absolute Gasteiger partial charge is 0.391 e. The number of hydrogen-bond acceptors (Lipinski definition) is 4. The molecule has 0 radical (unpaired) electrons. The van der Waals surface area contributed by atoms with E-state index in [2.05, 4.69) is 5.16 Å². The van der Waals surface area contributed by atoms with Crippen LogP contribution in [-0.2, 0) is 23.4 Å². The van der Waals surface area contributed by atoms with Crippen molar-refractivity contribution in [2.45, 2.75) is 57.5 Å². The monoisotopic (exact) mass is 536 g/mol. The van der Waals surface area contributed by atoms with Gasteiger partial charge in [-0.2, -0.15) is 13.2 Å². The first-order chi connectivity index (χ1) is 18.4. The second-order valence-electron chi connectivity index (χ2n) is 10.4. The molecule has 1 aromatic heterocycles. The molecule has 0 fully saturated rings. The molecule has 1 unspecified atom stereocenters. The van der Waals surface area contributed by atoms with Crippen molar-refractivity contribution in [3.8, 4) is 0 Å². The molecule has 0 spiro atoms. The lowest BCUT2D eigenvalue weighted by atomic mass is 9.74. The summed E-state index contributed by atoms with van der Waals surface area (Å²) in [7, 11) is 0. The third-order valence-corrected chi connectivity index (χ3v) is 6.92. The second kappa shape index (κ2) is 11.1. The zero-order valence-corrected chi connectivity index (χ0v) is 22.1. The average molecular weight is 537 g/mol. The van der Waals surface area contributed by atoms with Crippen LogP contribution in [-0.4, -0.2) is 27.2 Å². The molecule has 0 saturated carbocycles. The molecule has 0 aliphatic carbocycles. The van der Waals surface area contributed by atoms with Crippen molar-refractivity contribution in [1.82, 2.24) is 4.57 Å². The summed E-state index contributed by atoms with van der Waals surface area (Å²) in [5, 5.41) is 15.6. The largest absolute Gasteiger partial charge is 0.418 e. The fraction of sp³-hybridized carbons (Fsp3) is 0.290. The third kappa shape index (κ3) is 6.40. The number of pyridine rings is 1. The van der Waals surface area contributed by atoms with Crippen LogP contribution in [0.3, 0.4) is 0 Å². The summed E-state index contributed by atoms with van der Waals surface area (Å²) in [6.45, 7) is 4.65. The molecule has 1 atom stereocenters. The minimum Gasteiger partial charge on any atom is -0.391 e. The fourth-order valence-electron chi connectivity index (χ4n) is 4.75. The molecule has 204 valence electrons. The Morgan fingerprint density at radius 3 is 2.36 bits per heavy atom. The van der Waals surface area contributed by atoms with Crippen LogP contribution < -0.4 is 5.43 Å². The van der Waals surface area contributed by atoms with E-state index in [0.29, 0.717) is 34.3 Å². The lowest BCUT2D eigenvalue weighted by Gasteiger charge is -2.38. The fourth-order valence-corrected chi connectivity index (χ4v) is 4.75. The number of alkyl halides is 3. The summed E-state index contributed by atoms with van der Waals surface area (Å²) in [5.41, 5.74) is -1.23. The van der Waals surface area contributed by atoms with Crippen molar-refractivity contribution in [2.24, 2.45) is 5.16 Å². The Balaban J connectivity index is 1.59. The van der Waals surface area contributed by atoms with Crippen LogP contribution in [0.4, 0.5) is 13.2 Å². The molecular weight excluding hydrogens is 505 g/mol. The minimum absolute atomic E-state index is 0.292. The van der Waals surface area contributed by atoms with Gasteiger partial charge < -0.3 is 14.5 Å². The zero-order valence-electron chi connectivity index (χ0n) is 22.1. The number of oxime groups is 1. The lowest BCUT2D eigenvalue weighted by molar-refractivity contribution is -0.271. The number of aromatic nitrogens is 1. The maximum absolute atomic E-state index is 14.4. The Morgan fingerprint density at radius 1 is 0.949 bits per heavy atom. The third-order valence-electron chi connectivity index (χ3n) is 6.92. The van der Waals surface area contributed by atoms with Crippen LogP contribution >= 0.6 is 0 Å². The van der Waals surface area contributed by atoms with Crippen molar-refractivity contribution < 1.29 is 23.1 Å². The number of benzene rings is 3. The van der Waals surface area contributed by atoms with E-state index in [4.69, 9.17) is 4.84 Å². The predicted molar refractivity (Wildman–Crippen MR) is 147 cm³/mol. The van der Waals surface area contributed by atoms with Gasteiger partial charge >= 0.3 is 6.18 Å². The molecule has 8 heteroatoms. The second-order valence-corrected chi connectivity index (χ2v) is 10.4. The SMILES string of the molecule is C/C(=N\OCc1ccccc1)c1cccc(C(C)(C)CC(O)(Cn2ccc(=O)c3ccccc32)C(F)(F)F)c1. The number of aliphatic hydroxyl groups is 1. The lowest BCUT2D eigenvalue weighted by Crippen LogP contribution is -2.52. The topological polar surface area (TPSA) is 63.8 Å². The van der Waals surface area contributed by atoms with Crippen molar-refractivity contribution in [3.63, 3.8) is 0 Å². The molecule has 0 saturated heterocycles. The van der Waals surface area contributed by atoms with E-state index in [9.17, 15) is 23.1 Å². The molecule has 0 amide bonds. The minimum atomic E-state index is -4.92. The van der Waals surface area contributed by atoms with Gasteiger partial charge in [-0.25, -0.2) is 0 Å². The highest BCUT2D eigenvalue weighted by Gasteiger charge is 2.56. The highest BCUT2D eigenvalue weighted by Crippen LogP contribution is 2.42. The quantitative estimate of drug-likeness (QED) is 0.194. The predicted octanol–water partition coefficient (Wildman–Crippen LogP) is 6.60. The van der Waals surface area contributed by atoms with E-state index >= 15 is 0 Å². The van der Waals surface area contributed by atoms with Crippen LogP contribution in [0.5, 0.6) is 0 Å². The Labute approximate surface area is 225 Å². The van der Waals surface area contributed by atoms with Gasteiger partial charge in [-0.3, -0.25) is 4.79 Å². The van der Waals surface area contributed by atoms with Crippen molar-refractivity contribution >= 4 is 16.6 Å². The highest BCUT2D eigenvalue weighted by atomic mass is 19.4. The van der Waals surface area contributed by atoms with Crippen LogP contribution in [0, 0.1) is 0 Å². The van der Waals surface area contributed by atoms with E-state index in [0.717, 1.165) is 5.56 Å². The summed E-state index contributed by atoms with van der Waals surface area (Å²) in [6, 6.07) is 24.3. The summed E-state index contributed by atoms with van der Waals surface area (Å²) in [6.07, 6.45) is -4.23. The molecule has 0 aliphatic rings. The van der Waals surface area contributed by atoms with Gasteiger partial charge in [0.05, 0.1) is 17.8 Å². The van der Waals surface area contributed by atoms with Gasteiger partial charge in [0, 0.05) is 17.6 Å². The maximum atomic E-state index is 14.4. The number of halogens is 3. The van der Waals surface area contributed by atoms with Gasteiger partial charge in [-0.15, -0.1) is 0 Å². The van der Waals surface area contributed by atoms with Gasteiger partial charge in [0.25, 0.3) is 0 Å². The Morgan fingerprint density at radius 2 is 1.64 bits per heavy atom. The van der Waals surface area contributed by atoms with E-state index < -0.39 is 30.2 Å². The van der Waals surface area contributed by atoms with Gasteiger partial charge in [-0.1, -0.05) is 79.7 Å². The molecule has 4 rings (SSSR count). The molecule has 1 heterocycles. The van der Waals surface area contributed by atoms with Crippen LogP contribution in [0.1, 0.15) is 43.9 Å². The van der Waals surface area contributed by atoms with Crippen LogP contribution in [0.2, 0.25) is 0 Å². The standard InChI is InChI=1S/C31H31F3N2O3/c1-22(35-39-19-23-10-5-4-6-11-23)24-12-9-13-25(18-24)29(2,3)20-30(38,31(32,33)34)21-36-17-16-28(37)26-14-7-8-15-27(26)36/h4-18,38H,19-21H2,1-3H3/b35-22+. The zero-order chi connectivity index (χ0) is 28.3. The summed E-state index contributed by atoms with van der Waals surface area (Å²) < 4.78 is 44.6. The van der Waals surface area contributed by atoms with Gasteiger partial charge in [0.2, 0.25) is 0 Å². The molecule has 0 bridgehead atoms. The van der Waals surface area contributed by atoms with E-state index in [1.807, 2.05) is 36.4 Å². The molecule has 0 aliphatic heterocycles. The van der Waals surface area contributed by atoms with E-state index in [1.54, 1.807) is 63.2 Å². The first-order valence-corrected chi connectivity index (χ1v) is 12.6. The first kappa shape index (κ1) is 28.1. The summed E-state index contributed by atoms with van der Waals surface area (Å²) in [4.78, 5) is 17.7. The first-order valence-electron chi connectivity index (χ1n) is 12.6. The number of fused-ring (bicyclic) bond motifs is 1. The van der Waals surface area contributed by atoms with Crippen molar-refractivity contribution in [2.75, 3.05) is 0 Å². The molecular formula is C31H31F3N2O3. The molecule has 4 aromatic rings. The Kier molecular flexibility index (Phi) is 7.97. The number of para-hydroxylation sites is 1. The van der Waals surface area contributed by atoms with Crippen LogP contribution in [0.25, 0.3) is 10.9 Å². The number of nitrogens with zero attached hydrogens (tertiary/aromatic N) is 2. The van der Waals surface area contributed by atoms with Crippen LogP contribution in [0.15, 0.2) is 101 Å². The van der Waals surface area contributed by atoms with Gasteiger partial charge in [0.1, 0.15) is 6.61 Å². The maximum Gasteiger partial charge on any atom is 0.418 e. The van der Waals surface area contributed by atoms with Gasteiger partial charge in [0.15, 0.2) is 11.0 Å². The number of rotatable bonds is 9. The molecule has 39 heavy (non-hydrogen) atoms. The average Bonchev–Trinajstić information content (AvgIpc) is 2.90. The molecule has 1 N–H and O–H groups in total.